The van der Waals surface area contributed by atoms with Gasteiger partial charge in [0.25, 0.3) is 0 Å². The van der Waals surface area contributed by atoms with Crippen LogP contribution in [0.1, 0.15) is 83.3 Å². The molecule has 0 N–H and O–H groups in total. The molecule has 0 aliphatic carbocycles. The summed E-state index contributed by atoms with van der Waals surface area (Å²) in [6, 6.07) is 9.19. The van der Waals surface area contributed by atoms with Crippen LogP contribution in [0.3, 0.4) is 0 Å². The molecule has 1 rings (SSSR count). The molecule has 0 heteroatoms. The first kappa shape index (κ1) is 16.3. The van der Waals surface area contributed by atoms with Crippen LogP contribution >= 0.6 is 0 Å². The van der Waals surface area contributed by atoms with Gasteiger partial charge in [-0.05, 0) is 49.5 Å². The lowest BCUT2D eigenvalue weighted by atomic mass is 9.79. The van der Waals surface area contributed by atoms with Crippen LogP contribution in [0.4, 0.5) is 0 Å². The summed E-state index contributed by atoms with van der Waals surface area (Å²) in [6.45, 7) is 11.6. The fourth-order valence-electron chi connectivity index (χ4n) is 3.03. The summed E-state index contributed by atoms with van der Waals surface area (Å²) in [4.78, 5) is 0. The molecular formula is C19H32. The Morgan fingerprint density at radius 1 is 0.895 bits per heavy atom. The minimum Gasteiger partial charge on any atom is -0.0654 e. The van der Waals surface area contributed by atoms with E-state index in [2.05, 4.69) is 58.9 Å². The zero-order valence-electron chi connectivity index (χ0n) is 13.6. The van der Waals surface area contributed by atoms with Crippen LogP contribution < -0.4 is 0 Å². The first-order chi connectivity index (χ1) is 8.98. The van der Waals surface area contributed by atoms with Gasteiger partial charge in [0.1, 0.15) is 0 Å². The summed E-state index contributed by atoms with van der Waals surface area (Å²) in [5.74, 6) is 0.752. The Bertz CT molecular complexity index is 345. The highest BCUT2D eigenvalue weighted by Gasteiger charge is 2.19. The van der Waals surface area contributed by atoms with E-state index in [4.69, 9.17) is 0 Å². The van der Waals surface area contributed by atoms with E-state index in [1.54, 1.807) is 5.56 Å². The molecule has 0 spiro atoms. The van der Waals surface area contributed by atoms with Gasteiger partial charge in [-0.2, -0.15) is 0 Å². The molecule has 1 aromatic rings. The van der Waals surface area contributed by atoms with Gasteiger partial charge in [-0.15, -0.1) is 0 Å². The van der Waals surface area contributed by atoms with Gasteiger partial charge in [0, 0.05) is 0 Å². The average molecular weight is 260 g/mol. The van der Waals surface area contributed by atoms with Crippen molar-refractivity contribution < 1.29 is 0 Å². The van der Waals surface area contributed by atoms with Crippen molar-refractivity contribution in [2.24, 2.45) is 5.41 Å². The lowest BCUT2D eigenvalue weighted by Gasteiger charge is -2.27. The number of hydrogen-bond acceptors (Lipinski definition) is 0. The predicted octanol–water partition coefficient (Wildman–Crippen LogP) is 6.49. The van der Waals surface area contributed by atoms with Crippen LogP contribution in [-0.2, 0) is 0 Å². The number of benzene rings is 1. The van der Waals surface area contributed by atoms with Crippen molar-refractivity contribution >= 4 is 0 Å². The summed E-state index contributed by atoms with van der Waals surface area (Å²) in [6.07, 6.45) is 7.94. The van der Waals surface area contributed by atoms with Crippen LogP contribution in [0.5, 0.6) is 0 Å². The smallest absolute Gasteiger partial charge is 0.0162 e. The Balaban J connectivity index is 2.65. The summed E-state index contributed by atoms with van der Waals surface area (Å²) >= 11 is 0. The third-order valence-corrected chi connectivity index (χ3v) is 4.28. The van der Waals surface area contributed by atoms with Gasteiger partial charge in [-0.25, -0.2) is 0 Å². The highest BCUT2D eigenvalue weighted by atomic mass is 14.2. The lowest BCUT2D eigenvalue weighted by Crippen LogP contribution is -2.13. The zero-order chi connectivity index (χ0) is 14.3. The van der Waals surface area contributed by atoms with Crippen molar-refractivity contribution in [2.45, 2.75) is 79.1 Å². The Kier molecular flexibility index (Phi) is 6.62. The van der Waals surface area contributed by atoms with Gasteiger partial charge in [-0.1, -0.05) is 70.4 Å². The van der Waals surface area contributed by atoms with E-state index in [1.807, 2.05) is 0 Å². The van der Waals surface area contributed by atoms with Crippen LogP contribution in [0.25, 0.3) is 0 Å². The quantitative estimate of drug-likeness (QED) is 0.501. The summed E-state index contributed by atoms with van der Waals surface area (Å²) in [5.41, 5.74) is 3.41. The standard InChI is InChI=1S/C19H32/c1-6-8-17(13-15-19(4,5)14-7-2)18-11-9-16(3)10-12-18/h9-12,17H,6-8,13-15H2,1-5H3. The van der Waals surface area contributed by atoms with Gasteiger partial charge < -0.3 is 0 Å². The zero-order valence-corrected chi connectivity index (χ0v) is 13.6. The lowest BCUT2D eigenvalue weighted by molar-refractivity contribution is 0.283. The highest BCUT2D eigenvalue weighted by molar-refractivity contribution is 5.24. The molecule has 0 saturated carbocycles. The van der Waals surface area contributed by atoms with Crippen molar-refractivity contribution in [3.05, 3.63) is 35.4 Å². The van der Waals surface area contributed by atoms with Gasteiger partial charge >= 0.3 is 0 Å². The van der Waals surface area contributed by atoms with Gasteiger partial charge in [0.15, 0.2) is 0 Å². The summed E-state index contributed by atoms with van der Waals surface area (Å²) < 4.78 is 0. The molecule has 0 heterocycles. The minimum absolute atomic E-state index is 0.505. The second-order valence-electron chi connectivity index (χ2n) is 6.85. The van der Waals surface area contributed by atoms with Crippen LogP contribution in [-0.4, -0.2) is 0 Å². The molecule has 0 radical (unpaired) electrons. The van der Waals surface area contributed by atoms with Crippen molar-refractivity contribution in [1.29, 1.82) is 0 Å². The Morgan fingerprint density at radius 2 is 1.53 bits per heavy atom. The molecule has 1 unspecified atom stereocenters. The van der Waals surface area contributed by atoms with E-state index in [0.717, 1.165) is 5.92 Å². The van der Waals surface area contributed by atoms with E-state index in [1.165, 1.54) is 44.1 Å². The Labute approximate surface area is 120 Å². The fourth-order valence-corrected chi connectivity index (χ4v) is 3.03. The maximum atomic E-state index is 2.43. The number of hydrogen-bond donors (Lipinski definition) is 0. The molecular weight excluding hydrogens is 228 g/mol. The van der Waals surface area contributed by atoms with Crippen molar-refractivity contribution in [3.63, 3.8) is 0 Å². The monoisotopic (exact) mass is 260 g/mol. The Hall–Kier alpha value is -0.780. The third kappa shape index (κ3) is 5.80. The maximum Gasteiger partial charge on any atom is -0.0162 e. The normalized spacial score (nSPS) is 13.5. The molecule has 0 aliphatic heterocycles. The van der Waals surface area contributed by atoms with Gasteiger partial charge in [0.05, 0.1) is 0 Å². The molecule has 0 bridgehead atoms. The van der Waals surface area contributed by atoms with Crippen molar-refractivity contribution in [1.82, 2.24) is 0 Å². The van der Waals surface area contributed by atoms with E-state index < -0.39 is 0 Å². The fraction of sp³-hybridized carbons (Fsp3) is 0.684. The second kappa shape index (κ2) is 7.72. The topological polar surface area (TPSA) is 0 Å². The van der Waals surface area contributed by atoms with Crippen LogP contribution in [0, 0.1) is 12.3 Å². The van der Waals surface area contributed by atoms with Crippen molar-refractivity contribution in [2.75, 3.05) is 0 Å². The molecule has 0 saturated heterocycles. The van der Waals surface area contributed by atoms with Gasteiger partial charge in [-0.3, -0.25) is 0 Å². The molecule has 0 nitrogen and oxygen atoms in total. The molecule has 0 aliphatic rings. The average Bonchev–Trinajstić information content (AvgIpc) is 2.35. The summed E-state index contributed by atoms with van der Waals surface area (Å²) in [5, 5.41) is 0. The molecule has 1 atom stereocenters. The first-order valence-corrected chi connectivity index (χ1v) is 8.05. The molecule has 0 aromatic heterocycles. The third-order valence-electron chi connectivity index (χ3n) is 4.28. The van der Waals surface area contributed by atoms with Crippen LogP contribution in [0.15, 0.2) is 24.3 Å². The molecule has 1 aromatic carbocycles. The van der Waals surface area contributed by atoms with Gasteiger partial charge in [0.2, 0.25) is 0 Å². The number of aryl methyl sites for hydroxylation is 1. The SMILES string of the molecule is CCCC(CCC(C)(C)CCC)c1ccc(C)cc1. The van der Waals surface area contributed by atoms with Crippen molar-refractivity contribution in [3.8, 4) is 0 Å². The van der Waals surface area contributed by atoms with E-state index >= 15 is 0 Å². The minimum atomic E-state index is 0.505. The van der Waals surface area contributed by atoms with E-state index in [0.29, 0.717) is 5.41 Å². The molecule has 108 valence electrons. The number of rotatable bonds is 8. The molecule has 0 fully saturated rings. The van der Waals surface area contributed by atoms with E-state index in [9.17, 15) is 0 Å². The molecule has 0 amide bonds. The molecule has 19 heavy (non-hydrogen) atoms. The Morgan fingerprint density at radius 3 is 2.05 bits per heavy atom. The largest absolute Gasteiger partial charge is 0.0654 e. The predicted molar refractivity (Wildman–Crippen MR) is 86.8 cm³/mol. The maximum absolute atomic E-state index is 2.43. The van der Waals surface area contributed by atoms with E-state index in [-0.39, 0.29) is 0 Å². The first-order valence-electron chi connectivity index (χ1n) is 8.05. The van der Waals surface area contributed by atoms with Crippen LogP contribution in [0.2, 0.25) is 0 Å². The summed E-state index contributed by atoms with van der Waals surface area (Å²) in [7, 11) is 0. The second-order valence-corrected chi connectivity index (χ2v) is 6.85. The highest BCUT2D eigenvalue weighted by Crippen LogP contribution is 2.34.